The molecule has 2 aromatic carbocycles. The van der Waals surface area contributed by atoms with Crippen LogP contribution >= 0.6 is 0 Å². The molecule has 0 radical (unpaired) electrons. The van der Waals surface area contributed by atoms with Gasteiger partial charge in [-0.15, -0.1) is 0 Å². The SMILES string of the molecule is COc1ccc(C2=NN(C(=O)CN(C)C(=O)NC(C)(C)C)[C@@H](c3ccccc3OC)C2)cc1. The van der Waals surface area contributed by atoms with Gasteiger partial charge in [0.2, 0.25) is 0 Å². The Morgan fingerprint density at radius 3 is 2.36 bits per heavy atom. The second kappa shape index (κ2) is 9.94. The van der Waals surface area contributed by atoms with Crippen LogP contribution in [0.1, 0.15) is 44.4 Å². The van der Waals surface area contributed by atoms with Gasteiger partial charge in [-0.1, -0.05) is 18.2 Å². The molecule has 176 valence electrons. The zero-order valence-corrected chi connectivity index (χ0v) is 20.1. The summed E-state index contributed by atoms with van der Waals surface area (Å²) >= 11 is 0. The van der Waals surface area contributed by atoms with Gasteiger partial charge in [-0.25, -0.2) is 9.80 Å². The summed E-state index contributed by atoms with van der Waals surface area (Å²) in [6.07, 6.45) is 0.524. The summed E-state index contributed by atoms with van der Waals surface area (Å²) in [4.78, 5) is 27.2. The van der Waals surface area contributed by atoms with Crippen molar-refractivity contribution in [1.29, 1.82) is 0 Å². The Morgan fingerprint density at radius 2 is 1.76 bits per heavy atom. The summed E-state index contributed by atoms with van der Waals surface area (Å²) in [6.45, 7) is 5.57. The minimum Gasteiger partial charge on any atom is -0.497 e. The van der Waals surface area contributed by atoms with E-state index in [0.29, 0.717) is 12.2 Å². The number of ether oxygens (including phenoxy) is 2. The molecule has 0 fully saturated rings. The highest BCUT2D eigenvalue weighted by molar-refractivity contribution is 6.03. The standard InChI is InChI=1S/C25H32N4O4/c1-25(2,3)26-24(31)28(4)16-23(30)29-21(19-9-7-8-10-22(19)33-6)15-20(27-29)17-11-13-18(32-5)14-12-17/h7-14,21H,15-16H2,1-6H3,(H,26,31)/t21-/m1/s1. The smallest absolute Gasteiger partial charge is 0.318 e. The van der Waals surface area contributed by atoms with Gasteiger partial charge in [0.15, 0.2) is 0 Å². The van der Waals surface area contributed by atoms with E-state index in [1.807, 2.05) is 69.3 Å². The van der Waals surface area contributed by atoms with E-state index in [1.165, 1.54) is 9.91 Å². The van der Waals surface area contributed by atoms with E-state index in [2.05, 4.69) is 10.4 Å². The molecule has 0 unspecified atom stereocenters. The molecule has 1 N–H and O–H groups in total. The zero-order chi connectivity index (χ0) is 24.2. The molecule has 8 nitrogen and oxygen atoms in total. The van der Waals surface area contributed by atoms with Crippen LogP contribution in [-0.4, -0.2) is 60.9 Å². The van der Waals surface area contributed by atoms with Crippen LogP contribution in [0.5, 0.6) is 11.5 Å². The molecule has 0 bridgehead atoms. The van der Waals surface area contributed by atoms with Crippen LogP contribution in [0.15, 0.2) is 53.6 Å². The molecule has 0 spiro atoms. The second-order valence-corrected chi connectivity index (χ2v) is 9.01. The fourth-order valence-electron chi connectivity index (χ4n) is 3.65. The lowest BCUT2D eigenvalue weighted by atomic mass is 9.97. The third kappa shape index (κ3) is 5.83. The third-order valence-corrected chi connectivity index (χ3v) is 5.29. The van der Waals surface area contributed by atoms with Crippen molar-refractivity contribution in [2.45, 2.75) is 38.8 Å². The fourth-order valence-corrected chi connectivity index (χ4v) is 3.65. The molecular weight excluding hydrogens is 420 g/mol. The highest BCUT2D eigenvalue weighted by atomic mass is 16.5. The van der Waals surface area contributed by atoms with Crippen LogP contribution in [0.3, 0.4) is 0 Å². The Morgan fingerprint density at radius 1 is 1.09 bits per heavy atom. The van der Waals surface area contributed by atoms with Gasteiger partial charge in [-0.2, -0.15) is 5.10 Å². The van der Waals surface area contributed by atoms with Crippen molar-refractivity contribution in [2.24, 2.45) is 5.10 Å². The first kappa shape index (κ1) is 24.1. The van der Waals surface area contributed by atoms with Crippen molar-refractivity contribution in [3.8, 4) is 11.5 Å². The van der Waals surface area contributed by atoms with E-state index in [0.717, 1.165) is 22.6 Å². The van der Waals surface area contributed by atoms with E-state index in [-0.39, 0.29) is 24.5 Å². The molecule has 2 aromatic rings. The third-order valence-electron chi connectivity index (χ3n) is 5.29. The Labute approximate surface area is 195 Å². The number of carbonyl (C=O) groups is 2. The van der Waals surface area contributed by atoms with Crippen LogP contribution in [0.2, 0.25) is 0 Å². The summed E-state index contributed by atoms with van der Waals surface area (Å²) in [5.41, 5.74) is 2.15. The monoisotopic (exact) mass is 452 g/mol. The number of nitrogens with one attached hydrogen (secondary N) is 1. The summed E-state index contributed by atoms with van der Waals surface area (Å²) in [5.74, 6) is 1.16. The maximum Gasteiger partial charge on any atom is 0.318 e. The molecule has 0 aromatic heterocycles. The number of hydrogen-bond donors (Lipinski definition) is 1. The second-order valence-electron chi connectivity index (χ2n) is 9.01. The van der Waals surface area contributed by atoms with Crippen LogP contribution in [-0.2, 0) is 4.79 Å². The molecule has 3 rings (SSSR count). The van der Waals surface area contributed by atoms with Crippen molar-refractivity contribution in [3.05, 3.63) is 59.7 Å². The maximum absolute atomic E-state index is 13.3. The Bertz CT molecular complexity index is 1030. The van der Waals surface area contributed by atoms with E-state index in [9.17, 15) is 9.59 Å². The number of amides is 3. The van der Waals surface area contributed by atoms with Crippen molar-refractivity contribution in [3.63, 3.8) is 0 Å². The zero-order valence-electron chi connectivity index (χ0n) is 20.1. The summed E-state index contributed by atoms with van der Waals surface area (Å²) in [5, 5.41) is 9.02. The Kier molecular flexibility index (Phi) is 7.26. The number of para-hydroxylation sites is 1. The van der Waals surface area contributed by atoms with E-state index >= 15 is 0 Å². The van der Waals surface area contributed by atoms with Gasteiger partial charge in [0, 0.05) is 24.6 Å². The van der Waals surface area contributed by atoms with Crippen LogP contribution in [0.25, 0.3) is 0 Å². The highest BCUT2D eigenvalue weighted by Crippen LogP contribution is 2.37. The molecule has 1 atom stereocenters. The van der Waals surface area contributed by atoms with Gasteiger partial charge in [0.1, 0.15) is 18.0 Å². The summed E-state index contributed by atoms with van der Waals surface area (Å²) in [7, 11) is 4.82. The van der Waals surface area contributed by atoms with Gasteiger partial charge < -0.3 is 19.7 Å². The fraction of sp³-hybridized carbons (Fsp3) is 0.400. The molecule has 1 aliphatic heterocycles. The molecular formula is C25H32N4O4. The molecule has 0 saturated heterocycles. The largest absolute Gasteiger partial charge is 0.497 e. The predicted molar refractivity (Wildman–Crippen MR) is 128 cm³/mol. The van der Waals surface area contributed by atoms with Crippen LogP contribution in [0, 0.1) is 0 Å². The minimum absolute atomic E-state index is 0.104. The number of carbonyl (C=O) groups excluding carboxylic acids is 2. The minimum atomic E-state index is -0.401. The van der Waals surface area contributed by atoms with Crippen molar-refractivity contribution in [2.75, 3.05) is 27.8 Å². The normalized spacial score (nSPS) is 15.6. The number of likely N-dealkylation sites (N-methyl/N-ethyl adjacent to an activating group) is 1. The molecule has 8 heteroatoms. The number of methoxy groups -OCH3 is 2. The molecule has 1 heterocycles. The molecule has 3 amide bonds. The molecule has 0 saturated carbocycles. The number of nitrogens with zero attached hydrogens (tertiary/aromatic N) is 3. The summed E-state index contributed by atoms with van der Waals surface area (Å²) < 4.78 is 10.8. The quantitative estimate of drug-likeness (QED) is 0.722. The number of hydrazone groups is 1. The first-order valence-corrected chi connectivity index (χ1v) is 10.8. The van der Waals surface area contributed by atoms with Crippen molar-refractivity contribution >= 4 is 17.6 Å². The molecule has 33 heavy (non-hydrogen) atoms. The van der Waals surface area contributed by atoms with Crippen molar-refractivity contribution in [1.82, 2.24) is 15.2 Å². The lowest BCUT2D eigenvalue weighted by molar-refractivity contribution is -0.133. The van der Waals surface area contributed by atoms with Crippen molar-refractivity contribution < 1.29 is 19.1 Å². The lowest BCUT2D eigenvalue weighted by Gasteiger charge is -2.28. The topological polar surface area (TPSA) is 83.5 Å². The van der Waals surface area contributed by atoms with E-state index in [4.69, 9.17) is 9.47 Å². The number of urea groups is 1. The summed E-state index contributed by atoms with van der Waals surface area (Å²) in [6, 6.07) is 14.5. The Balaban J connectivity index is 1.89. The van der Waals surface area contributed by atoms with Gasteiger partial charge in [-0.3, -0.25) is 4.79 Å². The van der Waals surface area contributed by atoms with E-state index in [1.54, 1.807) is 21.3 Å². The predicted octanol–water partition coefficient (Wildman–Crippen LogP) is 3.82. The average Bonchev–Trinajstić information content (AvgIpc) is 3.23. The van der Waals surface area contributed by atoms with Gasteiger partial charge >= 0.3 is 6.03 Å². The van der Waals surface area contributed by atoms with Gasteiger partial charge in [0.25, 0.3) is 5.91 Å². The van der Waals surface area contributed by atoms with Gasteiger partial charge in [0.05, 0.1) is 26.0 Å². The van der Waals surface area contributed by atoms with Gasteiger partial charge in [-0.05, 0) is 56.7 Å². The first-order valence-electron chi connectivity index (χ1n) is 10.8. The average molecular weight is 453 g/mol. The lowest BCUT2D eigenvalue weighted by Crippen LogP contribution is -2.49. The first-order chi connectivity index (χ1) is 15.6. The highest BCUT2D eigenvalue weighted by Gasteiger charge is 2.35. The van der Waals surface area contributed by atoms with E-state index < -0.39 is 5.54 Å². The molecule has 0 aliphatic carbocycles. The number of benzene rings is 2. The van der Waals surface area contributed by atoms with Crippen LogP contribution in [0.4, 0.5) is 4.79 Å². The van der Waals surface area contributed by atoms with Crippen LogP contribution < -0.4 is 14.8 Å². The molecule has 1 aliphatic rings. The number of hydrogen-bond acceptors (Lipinski definition) is 5. The maximum atomic E-state index is 13.3. The Hall–Kier alpha value is -3.55. The number of rotatable bonds is 6.